The standard InChI is InChI=1S/C13H18N2O4/c1-3-19-11-6-4-10(5-7-11)14-13(18)15(2)9-8-12(16)17/h4-7H,3,8-9H2,1-2H3,(H,14,18)(H,16,17). The van der Waals surface area contributed by atoms with Crippen LogP contribution in [0.25, 0.3) is 0 Å². The number of carboxylic acid groups (broad SMARTS) is 1. The lowest BCUT2D eigenvalue weighted by Gasteiger charge is -2.17. The summed E-state index contributed by atoms with van der Waals surface area (Å²) in [6, 6.07) is 6.64. The molecular weight excluding hydrogens is 248 g/mol. The van der Waals surface area contributed by atoms with E-state index in [0.29, 0.717) is 12.3 Å². The fourth-order valence-electron chi connectivity index (χ4n) is 1.38. The Morgan fingerprint density at radius 3 is 2.47 bits per heavy atom. The lowest BCUT2D eigenvalue weighted by Crippen LogP contribution is -2.33. The van der Waals surface area contributed by atoms with Gasteiger partial charge >= 0.3 is 12.0 Å². The van der Waals surface area contributed by atoms with Crippen molar-refractivity contribution in [1.29, 1.82) is 0 Å². The molecule has 0 saturated heterocycles. The van der Waals surface area contributed by atoms with Gasteiger partial charge in [-0.25, -0.2) is 4.79 Å². The first-order chi connectivity index (χ1) is 9.02. The highest BCUT2D eigenvalue weighted by molar-refractivity contribution is 5.89. The Balaban J connectivity index is 2.49. The second kappa shape index (κ2) is 7.25. The van der Waals surface area contributed by atoms with Crippen molar-refractivity contribution in [1.82, 2.24) is 4.90 Å². The molecule has 0 spiro atoms. The first-order valence-electron chi connectivity index (χ1n) is 5.99. The van der Waals surface area contributed by atoms with Crippen LogP contribution in [0.3, 0.4) is 0 Å². The van der Waals surface area contributed by atoms with Gasteiger partial charge in [0.05, 0.1) is 13.0 Å². The zero-order chi connectivity index (χ0) is 14.3. The maximum absolute atomic E-state index is 11.7. The second-order valence-electron chi connectivity index (χ2n) is 3.95. The minimum absolute atomic E-state index is 0.0762. The van der Waals surface area contributed by atoms with Crippen LogP contribution in [-0.2, 0) is 4.79 Å². The van der Waals surface area contributed by atoms with Gasteiger partial charge in [0.2, 0.25) is 0 Å². The van der Waals surface area contributed by atoms with Crippen LogP contribution in [0.2, 0.25) is 0 Å². The van der Waals surface area contributed by atoms with Gasteiger partial charge in [-0.05, 0) is 31.2 Å². The van der Waals surface area contributed by atoms with Gasteiger partial charge in [-0.15, -0.1) is 0 Å². The molecule has 0 aliphatic heterocycles. The molecule has 2 N–H and O–H groups in total. The van der Waals surface area contributed by atoms with Crippen LogP contribution in [0.5, 0.6) is 5.75 Å². The predicted molar refractivity (Wildman–Crippen MR) is 71.5 cm³/mol. The molecule has 0 heterocycles. The van der Waals surface area contributed by atoms with Gasteiger partial charge in [0.1, 0.15) is 5.75 Å². The monoisotopic (exact) mass is 266 g/mol. The van der Waals surface area contributed by atoms with Gasteiger partial charge in [-0.3, -0.25) is 4.79 Å². The normalized spacial score (nSPS) is 9.79. The van der Waals surface area contributed by atoms with E-state index in [4.69, 9.17) is 9.84 Å². The third kappa shape index (κ3) is 5.29. The molecule has 6 nitrogen and oxygen atoms in total. The number of hydrogen-bond acceptors (Lipinski definition) is 3. The van der Waals surface area contributed by atoms with Crippen molar-refractivity contribution >= 4 is 17.7 Å². The van der Waals surface area contributed by atoms with E-state index in [1.165, 1.54) is 4.90 Å². The van der Waals surface area contributed by atoms with E-state index in [1.54, 1.807) is 31.3 Å². The highest BCUT2D eigenvalue weighted by Crippen LogP contribution is 2.15. The summed E-state index contributed by atoms with van der Waals surface area (Å²) >= 11 is 0. The maximum atomic E-state index is 11.7. The second-order valence-corrected chi connectivity index (χ2v) is 3.95. The summed E-state index contributed by atoms with van der Waals surface area (Å²) in [6.45, 7) is 2.65. The molecule has 0 aliphatic rings. The van der Waals surface area contributed by atoms with Crippen molar-refractivity contribution in [3.63, 3.8) is 0 Å². The Morgan fingerprint density at radius 2 is 1.95 bits per heavy atom. The van der Waals surface area contributed by atoms with Crippen LogP contribution in [0.15, 0.2) is 24.3 Å². The number of benzene rings is 1. The van der Waals surface area contributed by atoms with E-state index in [1.807, 2.05) is 6.92 Å². The average Bonchev–Trinajstić information content (AvgIpc) is 2.38. The summed E-state index contributed by atoms with van der Waals surface area (Å²) in [5.74, 6) is -0.194. The summed E-state index contributed by atoms with van der Waals surface area (Å²) in [5.41, 5.74) is 0.635. The third-order valence-electron chi connectivity index (χ3n) is 2.42. The fourth-order valence-corrected chi connectivity index (χ4v) is 1.38. The number of ether oxygens (including phenoxy) is 1. The van der Waals surface area contributed by atoms with Gasteiger partial charge in [-0.2, -0.15) is 0 Å². The van der Waals surface area contributed by atoms with Crippen molar-refractivity contribution in [3.05, 3.63) is 24.3 Å². The molecule has 0 unspecified atom stereocenters. The van der Waals surface area contributed by atoms with E-state index < -0.39 is 5.97 Å². The van der Waals surface area contributed by atoms with Crippen molar-refractivity contribution in [2.75, 3.05) is 25.5 Å². The number of nitrogens with zero attached hydrogens (tertiary/aromatic N) is 1. The van der Waals surface area contributed by atoms with Crippen molar-refractivity contribution < 1.29 is 19.4 Å². The average molecular weight is 266 g/mol. The highest BCUT2D eigenvalue weighted by atomic mass is 16.5. The number of carboxylic acids is 1. The molecule has 0 aliphatic carbocycles. The Kier molecular flexibility index (Phi) is 5.66. The number of carbonyl (C=O) groups excluding carboxylic acids is 1. The van der Waals surface area contributed by atoms with E-state index >= 15 is 0 Å². The zero-order valence-corrected chi connectivity index (χ0v) is 11.0. The quantitative estimate of drug-likeness (QED) is 0.825. The minimum atomic E-state index is -0.930. The van der Waals surface area contributed by atoms with E-state index in [0.717, 1.165) is 5.75 Å². The van der Waals surface area contributed by atoms with Crippen molar-refractivity contribution in [2.45, 2.75) is 13.3 Å². The molecule has 0 radical (unpaired) electrons. The number of urea groups is 1. The molecular formula is C13H18N2O4. The zero-order valence-electron chi connectivity index (χ0n) is 11.0. The first-order valence-corrected chi connectivity index (χ1v) is 5.99. The molecule has 6 heteroatoms. The number of rotatable bonds is 6. The molecule has 2 amide bonds. The lowest BCUT2D eigenvalue weighted by atomic mass is 10.3. The Hall–Kier alpha value is -2.24. The van der Waals surface area contributed by atoms with E-state index in [9.17, 15) is 9.59 Å². The van der Waals surface area contributed by atoms with E-state index in [2.05, 4.69) is 5.32 Å². The molecule has 0 aromatic heterocycles. The van der Waals surface area contributed by atoms with E-state index in [-0.39, 0.29) is 19.0 Å². The molecule has 0 atom stereocenters. The molecule has 0 saturated carbocycles. The summed E-state index contributed by atoms with van der Waals surface area (Å²) < 4.78 is 5.29. The van der Waals surface area contributed by atoms with Crippen LogP contribution in [0, 0.1) is 0 Å². The molecule has 1 rings (SSSR count). The molecule has 19 heavy (non-hydrogen) atoms. The predicted octanol–water partition coefficient (Wildman–Crippen LogP) is 2.02. The Morgan fingerprint density at radius 1 is 1.32 bits per heavy atom. The Labute approximate surface area is 112 Å². The number of amides is 2. The number of hydrogen-bond donors (Lipinski definition) is 2. The first kappa shape index (κ1) is 14.8. The number of aliphatic carboxylic acids is 1. The lowest BCUT2D eigenvalue weighted by molar-refractivity contribution is -0.137. The summed E-state index contributed by atoms with van der Waals surface area (Å²) in [4.78, 5) is 23.5. The summed E-state index contributed by atoms with van der Waals surface area (Å²) in [6.07, 6.45) is -0.0762. The van der Waals surface area contributed by atoms with Crippen molar-refractivity contribution in [2.24, 2.45) is 0 Å². The molecule has 1 aromatic rings. The summed E-state index contributed by atoms with van der Waals surface area (Å²) in [5, 5.41) is 11.2. The van der Waals surface area contributed by atoms with Crippen LogP contribution < -0.4 is 10.1 Å². The largest absolute Gasteiger partial charge is 0.494 e. The van der Waals surface area contributed by atoms with Gasteiger partial charge in [-0.1, -0.05) is 0 Å². The van der Waals surface area contributed by atoms with Crippen LogP contribution in [0.4, 0.5) is 10.5 Å². The number of anilines is 1. The number of carbonyl (C=O) groups is 2. The SMILES string of the molecule is CCOc1ccc(NC(=O)N(C)CCC(=O)O)cc1. The molecule has 1 aromatic carbocycles. The van der Waals surface area contributed by atoms with Gasteiger partial charge < -0.3 is 20.1 Å². The molecule has 104 valence electrons. The Bertz CT molecular complexity index is 431. The smallest absolute Gasteiger partial charge is 0.321 e. The van der Waals surface area contributed by atoms with Crippen LogP contribution in [0.1, 0.15) is 13.3 Å². The fraction of sp³-hybridized carbons (Fsp3) is 0.385. The third-order valence-corrected chi connectivity index (χ3v) is 2.42. The molecule has 0 bridgehead atoms. The maximum Gasteiger partial charge on any atom is 0.321 e. The highest BCUT2D eigenvalue weighted by Gasteiger charge is 2.10. The van der Waals surface area contributed by atoms with Gasteiger partial charge in [0, 0.05) is 19.3 Å². The minimum Gasteiger partial charge on any atom is -0.494 e. The van der Waals surface area contributed by atoms with Gasteiger partial charge in [0.25, 0.3) is 0 Å². The molecule has 0 fully saturated rings. The van der Waals surface area contributed by atoms with Gasteiger partial charge in [0.15, 0.2) is 0 Å². The van der Waals surface area contributed by atoms with Crippen LogP contribution in [-0.4, -0.2) is 42.2 Å². The van der Waals surface area contributed by atoms with Crippen LogP contribution >= 0.6 is 0 Å². The summed E-state index contributed by atoms with van der Waals surface area (Å²) in [7, 11) is 1.55. The topological polar surface area (TPSA) is 78.9 Å². The van der Waals surface area contributed by atoms with Crippen molar-refractivity contribution in [3.8, 4) is 5.75 Å². The number of nitrogens with one attached hydrogen (secondary N) is 1.